The SMILES string of the molecule is COc1ccc(CCC2C=Cc3ccc(N)cc3C(=N)CC2)c(OC)c1. The van der Waals surface area contributed by atoms with E-state index in [-0.39, 0.29) is 0 Å². The van der Waals surface area contributed by atoms with Gasteiger partial charge in [0.25, 0.3) is 0 Å². The smallest absolute Gasteiger partial charge is 0.125 e. The van der Waals surface area contributed by atoms with E-state index >= 15 is 0 Å². The van der Waals surface area contributed by atoms with Gasteiger partial charge in [0.05, 0.1) is 14.2 Å². The number of methoxy groups -OCH3 is 2. The van der Waals surface area contributed by atoms with Crippen LogP contribution in [0, 0.1) is 11.3 Å². The van der Waals surface area contributed by atoms with Gasteiger partial charge in [0, 0.05) is 23.0 Å². The Kier molecular flexibility index (Phi) is 5.61. The van der Waals surface area contributed by atoms with Gasteiger partial charge in [0.15, 0.2) is 0 Å². The van der Waals surface area contributed by atoms with Crippen LogP contribution in [-0.4, -0.2) is 19.9 Å². The van der Waals surface area contributed by atoms with E-state index in [0.717, 1.165) is 48.3 Å². The Morgan fingerprint density at radius 3 is 2.73 bits per heavy atom. The third kappa shape index (κ3) is 4.07. The maximum Gasteiger partial charge on any atom is 0.125 e. The minimum Gasteiger partial charge on any atom is -0.497 e. The van der Waals surface area contributed by atoms with E-state index in [0.29, 0.717) is 17.3 Å². The molecule has 0 bridgehead atoms. The highest BCUT2D eigenvalue weighted by Gasteiger charge is 2.15. The van der Waals surface area contributed by atoms with Crippen LogP contribution in [0.15, 0.2) is 42.5 Å². The molecule has 3 rings (SSSR count). The van der Waals surface area contributed by atoms with Crippen LogP contribution in [-0.2, 0) is 6.42 Å². The van der Waals surface area contributed by atoms with Crippen LogP contribution in [0.4, 0.5) is 5.69 Å². The molecular weight excluding hydrogens is 324 g/mol. The zero-order valence-electron chi connectivity index (χ0n) is 15.4. The van der Waals surface area contributed by atoms with E-state index in [1.807, 2.05) is 30.3 Å². The number of aryl methyl sites for hydroxylation is 1. The summed E-state index contributed by atoms with van der Waals surface area (Å²) in [7, 11) is 3.35. The topological polar surface area (TPSA) is 68.3 Å². The molecule has 0 aromatic heterocycles. The molecule has 136 valence electrons. The van der Waals surface area contributed by atoms with Gasteiger partial charge in [-0.25, -0.2) is 0 Å². The van der Waals surface area contributed by atoms with Crippen molar-refractivity contribution in [3.05, 3.63) is 59.2 Å². The van der Waals surface area contributed by atoms with Gasteiger partial charge in [-0.05, 0) is 60.9 Å². The molecule has 0 saturated heterocycles. The van der Waals surface area contributed by atoms with Gasteiger partial charge < -0.3 is 20.6 Å². The minimum absolute atomic E-state index is 0.438. The molecule has 3 N–H and O–H groups in total. The second-order valence-electron chi connectivity index (χ2n) is 6.70. The zero-order valence-corrected chi connectivity index (χ0v) is 15.4. The summed E-state index contributed by atoms with van der Waals surface area (Å²) in [5.41, 5.74) is 10.5. The first kappa shape index (κ1) is 18.1. The highest BCUT2D eigenvalue weighted by molar-refractivity contribution is 6.02. The maximum atomic E-state index is 8.38. The molecule has 1 aliphatic rings. The first-order chi connectivity index (χ1) is 12.6. The van der Waals surface area contributed by atoms with E-state index < -0.39 is 0 Å². The second-order valence-corrected chi connectivity index (χ2v) is 6.70. The van der Waals surface area contributed by atoms with Gasteiger partial charge >= 0.3 is 0 Å². The molecule has 26 heavy (non-hydrogen) atoms. The maximum absolute atomic E-state index is 8.38. The van der Waals surface area contributed by atoms with Crippen molar-refractivity contribution in [3.8, 4) is 11.5 Å². The Morgan fingerprint density at radius 2 is 1.96 bits per heavy atom. The minimum atomic E-state index is 0.438. The van der Waals surface area contributed by atoms with Crippen molar-refractivity contribution >= 4 is 17.5 Å². The highest BCUT2D eigenvalue weighted by atomic mass is 16.5. The first-order valence-corrected chi connectivity index (χ1v) is 8.97. The summed E-state index contributed by atoms with van der Waals surface area (Å²) in [4.78, 5) is 0. The molecule has 0 spiro atoms. The van der Waals surface area contributed by atoms with Crippen LogP contribution in [0.2, 0.25) is 0 Å². The lowest BCUT2D eigenvalue weighted by Gasteiger charge is -2.19. The molecule has 2 aromatic carbocycles. The Morgan fingerprint density at radius 1 is 1.12 bits per heavy atom. The quantitative estimate of drug-likeness (QED) is 0.767. The Bertz CT molecular complexity index is 827. The van der Waals surface area contributed by atoms with Crippen molar-refractivity contribution in [2.45, 2.75) is 25.7 Å². The molecule has 0 aliphatic heterocycles. The number of rotatable bonds is 5. The van der Waals surface area contributed by atoms with Crippen LogP contribution < -0.4 is 15.2 Å². The van der Waals surface area contributed by atoms with Gasteiger partial charge in [0.2, 0.25) is 0 Å². The summed E-state index contributed by atoms with van der Waals surface area (Å²) < 4.78 is 10.8. The second kappa shape index (κ2) is 8.09. The summed E-state index contributed by atoms with van der Waals surface area (Å²) in [6, 6.07) is 11.8. The fourth-order valence-corrected chi connectivity index (χ4v) is 3.42. The Balaban J connectivity index is 1.73. The summed E-state index contributed by atoms with van der Waals surface area (Å²) >= 11 is 0. The number of fused-ring (bicyclic) bond motifs is 1. The summed E-state index contributed by atoms with van der Waals surface area (Å²) in [5, 5.41) is 8.38. The summed E-state index contributed by atoms with van der Waals surface area (Å²) in [6.07, 6.45) is 8.12. The van der Waals surface area contributed by atoms with Gasteiger partial charge in [-0.15, -0.1) is 0 Å². The zero-order chi connectivity index (χ0) is 18.5. The van der Waals surface area contributed by atoms with Crippen LogP contribution in [0.3, 0.4) is 0 Å². The molecule has 2 aromatic rings. The summed E-state index contributed by atoms with van der Waals surface area (Å²) in [6.45, 7) is 0. The highest BCUT2D eigenvalue weighted by Crippen LogP contribution is 2.29. The predicted molar refractivity (Wildman–Crippen MR) is 107 cm³/mol. The molecule has 0 amide bonds. The molecule has 4 nitrogen and oxygen atoms in total. The average molecular weight is 350 g/mol. The van der Waals surface area contributed by atoms with Crippen LogP contribution in [0.1, 0.15) is 36.0 Å². The fraction of sp³-hybridized carbons (Fsp3) is 0.318. The predicted octanol–water partition coefficient (Wildman–Crippen LogP) is 4.71. The van der Waals surface area contributed by atoms with E-state index in [9.17, 15) is 0 Å². The van der Waals surface area contributed by atoms with Crippen LogP contribution in [0.25, 0.3) is 6.08 Å². The lowest BCUT2D eigenvalue weighted by atomic mass is 9.87. The van der Waals surface area contributed by atoms with Crippen molar-refractivity contribution < 1.29 is 9.47 Å². The number of nitrogens with two attached hydrogens (primary N) is 1. The van der Waals surface area contributed by atoms with Crippen molar-refractivity contribution in [1.29, 1.82) is 5.41 Å². The van der Waals surface area contributed by atoms with Gasteiger partial charge in [-0.3, -0.25) is 0 Å². The number of benzene rings is 2. The third-order valence-electron chi connectivity index (χ3n) is 4.99. The third-order valence-corrected chi connectivity index (χ3v) is 4.99. The number of ether oxygens (including phenoxy) is 2. The molecule has 0 saturated carbocycles. The van der Waals surface area contributed by atoms with E-state index in [4.69, 9.17) is 20.6 Å². The lowest BCUT2D eigenvalue weighted by Crippen LogP contribution is -2.10. The standard InChI is InChI=1S/C22H26N2O2/c1-25-19-11-9-17(22(14-19)26-2)7-4-15-3-6-16-8-10-18(23)13-20(16)21(24)12-5-15/h3,6,8-11,13-15,24H,4-5,7,12,23H2,1-2H3. The lowest BCUT2D eigenvalue weighted by molar-refractivity contribution is 0.389. The fourth-order valence-electron chi connectivity index (χ4n) is 3.42. The normalized spacial score (nSPS) is 16.5. The largest absolute Gasteiger partial charge is 0.497 e. The number of hydrogen-bond donors (Lipinski definition) is 2. The van der Waals surface area contributed by atoms with Crippen molar-refractivity contribution in [1.82, 2.24) is 0 Å². The molecule has 1 unspecified atom stereocenters. The molecule has 0 radical (unpaired) electrons. The van der Waals surface area contributed by atoms with E-state index in [1.54, 1.807) is 14.2 Å². The van der Waals surface area contributed by atoms with Gasteiger partial charge in [0.1, 0.15) is 11.5 Å². The Hall–Kier alpha value is -2.75. The molecule has 1 aliphatic carbocycles. The monoisotopic (exact) mass is 350 g/mol. The first-order valence-electron chi connectivity index (χ1n) is 8.97. The number of allylic oxidation sites excluding steroid dienone is 1. The molecular formula is C22H26N2O2. The number of nitrogens with one attached hydrogen (secondary N) is 1. The van der Waals surface area contributed by atoms with Crippen LogP contribution in [0.5, 0.6) is 11.5 Å². The number of anilines is 1. The van der Waals surface area contributed by atoms with E-state index in [2.05, 4.69) is 18.2 Å². The van der Waals surface area contributed by atoms with Gasteiger partial charge in [-0.2, -0.15) is 0 Å². The molecule has 4 heteroatoms. The molecule has 1 atom stereocenters. The van der Waals surface area contributed by atoms with Crippen molar-refractivity contribution in [3.63, 3.8) is 0 Å². The average Bonchev–Trinajstić information content (AvgIpc) is 2.66. The molecule has 0 heterocycles. The van der Waals surface area contributed by atoms with Crippen LogP contribution >= 0.6 is 0 Å². The summed E-state index contributed by atoms with van der Waals surface area (Å²) in [5.74, 6) is 2.11. The van der Waals surface area contributed by atoms with Crippen molar-refractivity contribution in [2.24, 2.45) is 5.92 Å². The van der Waals surface area contributed by atoms with Crippen molar-refractivity contribution in [2.75, 3.05) is 20.0 Å². The van der Waals surface area contributed by atoms with Gasteiger partial charge in [-0.1, -0.05) is 24.3 Å². The molecule has 0 fully saturated rings. The Labute approximate surface area is 155 Å². The van der Waals surface area contributed by atoms with E-state index in [1.165, 1.54) is 5.56 Å². The number of nitrogen functional groups attached to an aromatic ring is 1. The number of hydrogen-bond acceptors (Lipinski definition) is 4.